The highest BCUT2D eigenvalue weighted by atomic mass is 16.5. The van der Waals surface area contributed by atoms with Crippen molar-refractivity contribution in [2.45, 2.75) is 44.0 Å². The van der Waals surface area contributed by atoms with E-state index >= 15 is 0 Å². The highest BCUT2D eigenvalue weighted by molar-refractivity contribution is 5.53. The molecule has 3 N–H and O–H groups in total. The van der Waals surface area contributed by atoms with Crippen LogP contribution in [0.5, 0.6) is 28.7 Å². The molecule has 0 amide bonds. The van der Waals surface area contributed by atoms with Gasteiger partial charge in [-0.25, -0.2) is 0 Å². The lowest BCUT2D eigenvalue weighted by molar-refractivity contribution is -0.0999. The summed E-state index contributed by atoms with van der Waals surface area (Å²) in [5.41, 5.74) is 1.80. The smallest absolute Gasteiger partial charge is 0.200 e. The molecule has 1 aliphatic rings. The molecular weight excluding hydrogens is 376 g/mol. The van der Waals surface area contributed by atoms with E-state index < -0.39 is 6.10 Å². The minimum Gasteiger partial charge on any atom is -0.504 e. The Morgan fingerprint density at radius 3 is 2.21 bits per heavy atom. The largest absolute Gasteiger partial charge is 0.504 e. The standard InChI is InChI=1S/C22H28O7/c1-26-19-8-13(5-7-17(19)24)4-6-16-11-15(23)12-18(29-16)14-9-20(27-2)22(25)21(10-14)28-3/h5,7-10,15-16,18,23-25H,4,6,11-12H2,1-3H3/t15-,16+,18-/m0/s1. The van der Waals surface area contributed by atoms with Crippen LogP contribution in [0.4, 0.5) is 0 Å². The van der Waals surface area contributed by atoms with E-state index in [9.17, 15) is 15.3 Å². The number of methoxy groups -OCH3 is 3. The maximum Gasteiger partial charge on any atom is 0.200 e. The molecule has 0 spiro atoms. The van der Waals surface area contributed by atoms with Crippen LogP contribution in [-0.4, -0.2) is 48.9 Å². The van der Waals surface area contributed by atoms with Gasteiger partial charge in [-0.3, -0.25) is 0 Å². The van der Waals surface area contributed by atoms with Gasteiger partial charge in [-0.1, -0.05) is 6.07 Å². The van der Waals surface area contributed by atoms with E-state index in [-0.39, 0.29) is 23.7 Å². The Balaban J connectivity index is 1.72. The maximum atomic E-state index is 10.4. The SMILES string of the molecule is COc1cc(CC[C@@H]2C[C@H](O)C[C@@H](c3cc(OC)c(O)c(OC)c3)O2)ccc1O. The van der Waals surface area contributed by atoms with Gasteiger partial charge in [-0.15, -0.1) is 0 Å². The summed E-state index contributed by atoms with van der Waals surface area (Å²) in [4.78, 5) is 0. The van der Waals surface area contributed by atoms with Crippen molar-refractivity contribution < 1.29 is 34.3 Å². The van der Waals surface area contributed by atoms with E-state index in [1.165, 1.54) is 21.3 Å². The molecule has 7 nitrogen and oxygen atoms in total. The molecule has 0 aromatic heterocycles. The first-order valence-electron chi connectivity index (χ1n) is 9.59. The van der Waals surface area contributed by atoms with Gasteiger partial charge in [0.2, 0.25) is 5.75 Å². The van der Waals surface area contributed by atoms with Crippen molar-refractivity contribution in [1.29, 1.82) is 0 Å². The predicted octanol–water partition coefficient (Wildman–Crippen LogP) is 3.34. The van der Waals surface area contributed by atoms with E-state index in [0.29, 0.717) is 36.5 Å². The number of aromatic hydroxyl groups is 2. The lowest BCUT2D eigenvalue weighted by Gasteiger charge is -2.34. The van der Waals surface area contributed by atoms with E-state index in [4.69, 9.17) is 18.9 Å². The summed E-state index contributed by atoms with van der Waals surface area (Å²) in [6.45, 7) is 0. The molecular formula is C22H28O7. The highest BCUT2D eigenvalue weighted by Crippen LogP contribution is 2.42. The number of rotatable bonds is 7. The van der Waals surface area contributed by atoms with Crippen LogP contribution in [0.15, 0.2) is 30.3 Å². The van der Waals surface area contributed by atoms with Gasteiger partial charge >= 0.3 is 0 Å². The first-order valence-corrected chi connectivity index (χ1v) is 9.59. The number of ether oxygens (including phenoxy) is 4. The normalized spacial score (nSPS) is 21.6. The summed E-state index contributed by atoms with van der Waals surface area (Å²) in [7, 11) is 4.47. The molecule has 1 fully saturated rings. The van der Waals surface area contributed by atoms with Gasteiger partial charge in [-0.2, -0.15) is 0 Å². The van der Waals surface area contributed by atoms with Gasteiger partial charge in [0.25, 0.3) is 0 Å². The van der Waals surface area contributed by atoms with Crippen LogP contribution >= 0.6 is 0 Å². The molecule has 0 saturated carbocycles. The Bertz CT molecular complexity index is 811. The zero-order valence-corrected chi connectivity index (χ0v) is 16.9. The van der Waals surface area contributed by atoms with Crippen LogP contribution in [0.25, 0.3) is 0 Å². The monoisotopic (exact) mass is 404 g/mol. The molecule has 7 heteroatoms. The second-order valence-electron chi connectivity index (χ2n) is 7.19. The van der Waals surface area contributed by atoms with E-state index in [1.807, 2.05) is 12.1 Å². The van der Waals surface area contributed by atoms with Crippen LogP contribution in [0.3, 0.4) is 0 Å². The summed E-state index contributed by atoms with van der Waals surface area (Å²) >= 11 is 0. The Hall–Kier alpha value is -2.64. The molecule has 29 heavy (non-hydrogen) atoms. The topological polar surface area (TPSA) is 97.6 Å². The van der Waals surface area contributed by atoms with Crippen molar-refractivity contribution in [2.75, 3.05) is 21.3 Å². The Labute approximate surface area is 170 Å². The van der Waals surface area contributed by atoms with Gasteiger partial charge in [0.15, 0.2) is 23.0 Å². The van der Waals surface area contributed by atoms with E-state index in [1.54, 1.807) is 18.2 Å². The van der Waals surface area contributed by atoms with Crippen molar-refractivity contribution in [3.8, 4) is 28.7 Å². The van der Waals surface area contributed by atoms with Crippen LogP contribution in [0, 0.1) is 0 Å². The summed E-state index contributed by atoms with van der Waals surface area (Å²) < 4.78 is 21.9. The van der Waals surface area contributed by atoms with Crippen LogP contribution < -0.4 is 14.2 Å². The Morgan fingerprint density at radius 1 is 0.931 bits per heavy atom. The van der Waals surface area contributed by atoms with E-state index in [2.05, 4.69) is 0 Å². The van der Waals surface area contributed by atoms with E-state index in [0.717, 1.165) is 17.5 Å². The predicted molar refractivity (Wildman–Crippen MR) is 107 cm³/mol. The fourth-order valence-corrected chi connectivity index (χ4v) is 3.70. The third-order valence-corrected chi connectivity index (χ3v) is 5.25. The minimum atomic E-state index is -0.487. The summed E-state index contributed by atoms with van der Waals surface area (Å²) in [6, 6.07) is 8.69. The van der Waals surface area contributed by atoms with Crippen LogP contribution in [-0.2, 0) is 11.2 Å². The number of hydrogen-bond acceptors (Lipinski definition) is 7. The fourth-order valence-electron chi connectivity index (χ4n) is 3.70. The second-order valence-corrected chi connectivity index (χ2v) is 7.19. The molecule has 158 valence electrons. The molecule has 2 aromatic rings. The van der Waals surface area contributed by atoms with Crippen molar-refractivity contribution in [2.24, 2.45) is 0 Å². The number of aliphatic hydroxyl groups is 1. The summed E-state index contributed by atoms with van der Waals surface area (Å²) in [5.74, 6) is 1.09. The summed E-state index contributed by atoms with van der Waals surface area (Å²) in [6.07, 6.45) is 1.50. The highest BCUT2D eigenvalue weighted by Gasteiger charge is 2.30. The lowest BCUT2D eigenvalue weighted by atomic mass is 9.93. The number of aliphatic hydroxyl groups excluding tert-OH is 1. The Morgan fingerprint density at radius 2 is 1.59 bits per heavy atom. The van der Waals surface area contributed by atoms with Crippen molar-refractivity contribution in [3.63, 3.8) is 0 Å². The molecule has 1 saturated heterocycles. The van der Waals surface area contributed by atoms with Gasteiger partial charge < -0.3 is 34.3 Å². The number of phenols is 2. The molecule has 0 unspecified atom stereocenters. The van der Waals surface area contributed by atoms with Crippen molar-refractivity contribution in [3.05, 3.63) is 41.5 Å². The molecule has 2 aromatic carbocycles. The number of benzene rings is 2. The van der Waals surface area contributed by atoms with Crippen LogP contribution in [0.2, 0.25) is 0 Å². The first kappa shape index (κ1) is 21.1. The average molecular weight is 404 g/mol. The lowest BCUT2D eigenvalue weighted by Crippen LogP contribution is -2.31. The number of phenolic OH excluding ortho intramolecular Hbond substituents is 2. The molecule has 3 rings (SSSR count). The minimum absolute atomic E-state index is 0.0621. The third-order valence-electron chi connectivity index (χ3n) is 5.25. The molecule has 1 heterocycles. The average Bonchev–Trinajstić information content (AvgIpc) is 2.73. The zero-order chi connectivity index (χ0) is 21.0. The Kier molecular flexibility index (Phi) is 6.71. The molecule has 0 radical (unpaired) electrons. The molecule has 0 bridgehead atoms. The fraction of sp³-hybridized carbons (Fsp3) is 0.455. The van der Waals surface area contributed by atoms with Gasteiger partial charge in [0.1, 0.15) is 0 Å². The third kappa shape index (κ3) is 4.86. The first-order chi connectivity index (χ1) is 13.9. The zero-order valence-electron chi connectivity index (χ0n) is 16.9. The molecule has 0 aliphatic carbocycles. The van der Waals surface area contributed by atoms with Crippen molar-refractivity contribution >= 4 is 0 Å². The molecule has 3 atom stereocenters. The molecule has 1 aliphatic heterocycles. The van der Waals surface area contributed by atoms with Crippen molar-refractivity contribution in [1.82, 2.24) is 0 Å². The van der Waals surface area contributed by atoms with Crippen LogP contribution in [0.1, 0.15) is 36.5 Å². The summed E-state index contributed by atoms with van der Waals surface area (Å²) in [5, 5.41) is 30.2. The number of hydrogen-bond donors (Lipinski definition) is 3. The maximum absolute atomic E-state index is 10.4. The van der Waals surface area contributed by atoms with Gasteiger partial charge in [-0.05, 0) is 54.7 Å². The van der Waals surface area contributed by atoms with Gasteiger partial charge in [0.05, 0.1) is 39.6 Å². The second kappa shape index (κ2) is 9.24. The quantitative estimate of drug-likeness (QED) is 0.651. The van der Waals surface area contributed by atoms with Gasteiger partial charge in [0, 0.05) is 6.42 Å². The number of aryl methyl sites for hydroxylation is 1.